The molecule has 0 aliphatic carbocycles. The standard InChI is InChI=1S/C23H16ClN7O/c1-13(29-21-18(27-2)12-28-23(26)30-21)19-10-15-4-3-5-17(24)20(15)22(32)31(19)16-8-6-14(11-25)7-9-16/h3-10,12-13H,1H3,(H3,26,28,29,30)/t13-/m0/s1. The number of hydrogen-bond donors (Lipinski definition) is 2. The van der Waals surface area contributed by atoms with Gasteiger partial charge < -0.3 is 11.1 Å². The fraction of sp³-hybridized carbons (Fsp3) is 0.0870. The van der Waals surface area contributed by atoms with Crippen LogP contribution in [0.1, 0.15) is 24.2 Å². The van der Waals surface area contributed by atoms with Crippen molar-refractivity contribution in [3.05, 3.63) is 92.8 Å². The van der Waals surface area contributed by atoms with E-state index in [9.17, 15) is 4.79 Å². The topological polar surface area (TPSA) is 114 Å². The number of anilines is 2. The van der Waals surface area contributed by atoms with Gasteiger partial charge in [-0.15, -0.1) is 0 Å². The van der Waals surface area contributed by atoms with Gasteiger partial charge in [0.1, 0.15) is 5.82 Å². The van der Waals surface area contributed by atoms with Crippen LogP contribution in [-0.4, -0.2) is 14.5 Å². The molecule has 3 N–H and O–H groups in total. The molecule has 2 aromatic heterocycles. The minimum Gasteiger partial charge on any atom is -0.371 e. The zero-order chi connectivity index (χ0) is 22.8. The molecule has 0 unspecified atom stereocenters. The van der Waals surface area contributed by atoms with Crippen LogP contribution >= 0.6 is 11.6 Å². The Bertz CT molecular complexity index is 1480. The number of pyridine rings is 1. The van der Waals surface area contributed by atoms with Crippen molar-refractivity contribution in [1.29, 1.82) is 5.26 Å². The van der Waals surface area contributed by atoms with Gasteiger partial charge in [0, 0.05) is 17.6 Å². The third-order valence-corrected chi connectivity index (χ3v) is 5.30. The Hall–Kier alpha value is -4.40. The first-order valence-electron chi connectivity index (χ1n) is 9.54. The van der Waals surface area contributed by atoms with E-state index < -0.39 is 6.04 Å². The van der Waals surface area contributed by atoms with Gasteiger partial charge in [-0.2, -0.15) is 5.26 Å². The van der Waals surface area contributed by atoms with E-state index in [1.165, 1.54) is 10.8 Å². The lowest BCUT2D eigenvalue weighted by Gasteiger charge is -2.22. The van der Waals surface area contributed by atoms with Crippen molar-refractivity contribution in [2.24, 2.45) is 0 Å². The summed E-state index contributed by atoms with van der Waals surface area (Å²) in [7, 11) is 0. The molecule has 2 aromatic carbocycles. The number of nitrogen functional groups attached to an aromatic ring is 1. The molecule has 0 aliphatic heterocycles. The molecule has 4 rings (SSSR count). The molecule has 0 fully saturated rings. The first-order valence-corrected chi connectivity index (χ1v) is 9.92. The maximum Gasteiger partial charge on any atom is 0.264 e. The lowest BCUT2D eigenvalue weighted by atomic mass is 10.1. The summed E-state index contributed by atoms with van der Waals surface area (Å²) in [4.78, 5) is 25.0. The van der Waals surface area contributed by atoms with E-state index in [1.807, 2.05) is 19.1 Å². The molecule has 156 valence electrons. The quantitative estimate of drug-likeness (QED) is 0.447. The molecule has 2 heterocycles. The number of hydrogen-bond acceptors (Lipinski definition) is 6. The van der Waals surface area contributed by atoms with E-state index in [4.69, 9.17) is 29.2 Å². The minimum absolute atomic E-state index is 0.0295. The largest absolute Gasteiger partial charge is 0.371 e. The molecular formula is C23H16ClN7O. The van der Waals surface area contributed by atoms with Crippen LogP contribution in [-0.2, 0) is 0 Å². The first kappa shape index (κ1) is 20.9. The monoisotopic (exact) mass is 441 g/mol. The summed E-state index contributed by atoms with van der Waals surface area (Å²) in [6.45, 7) is 9.20. The molecule has 0 saturated carbocycles. The Morgan fingerprint density at radius 1 is 1.28 bits per heavy atom. The van der Waals surface area contributed by atoms with Crippen LogP contribution in [0, 0.1) is 17.9 Å². The normalized spacial score (nSPS) is 11.5. The highest BCUT2D eigenvalue weighted by molar-refractivity contribution is 6.35. The summed E-state index contributed by atoms with van der Waals surface area (Å²) in [6.07, 6.45) is 1.35. The van der Waals surface area contributed by atoms with Crippen molar-refractivity contribution in [2.75, 3.05) is 11.1 Å². The van der Waals surface area contributed by atoms with Gasteiger partial charge in [0.2, 0.25) is 11.6 Å². The number of halogens is 1. The van der Waals surface area contributed by atoms with Crippen LogP contribution in [0.3, 0.4) is 0 Å². The van der Waals surface area contributed by atoms with E-state index in [1.54, 1.807) is 36.4 Å². The Morgan fingerprint density at radius 3 is 2.72 bits per heavy atom. The van der Waals surface area contributed by atoms with Crippen LogP contribution in [0.5, 0.6) is 0 Å². The van der Waals surface area contributed by atoms with Crippen molar-refractivity contribution < 1.29 is 0 Å². The van der Waals surface area contributed by atoms with Gasteiger partial charge in [0.25, 0.3) is 5.56 Å². The van der Waals surface area contributed by atoms with Crippen LogP contribution in [0.2, 0.25) is 5.02 Å². The summed E-state index contributed by atoms with van der Waals surface area (Å²) in [5, 5.41) is 13.7. The molecule has 8 nitrogen and oxygen atoms in total. The van der Waals surface area contributed by atoms with Crippen molar-refractivity contribution >= 4 is 39.8 Å². The summed E-state index contributed by atoms with van der Waals surface area (Å²) in [6, 6.07) is 15.4. The lowest BCUT2D eigenvalue weighted by molar-refractivity contribution is 0.774. The predicted octanol–water partition coefficient (Wildman–Crippen LogP) is 4.61. The number of nitrogens with two attached hydrogens (primary N) is 1. The number of nitrogens with one attached hydrogen (secondary N) is 1. The molecule has 0 saturated heterocycles. The zero-order valence-corrected chi connectivity index (χ0v) is 17.6. The molecule has 0 spiro atoms. The SMILES string of the molecule is [C-]#[N+]c1cnc(N)nc1N[C@@H](C)c1cc2cccc(Cl)c2c(=O)n1-c1ccc(C#N)cc1. The van der Waals surface area contributed by atoms with Gasteiger partial charge in [-0.25, -0.2) is 14.8 Å². The highest BCUT2D eigenvalue weighted by atomic mass is 35.5. The number of aromatic nitrogens is 3. The summed E-state index contributed by atoms with van der Waals surface area (Å²) >= 11 is 6.35. The van der Waals surface area contributed by atoms with Crippen LogP contribution in [0.25, 0.3) is 21.3 Å². The highest BCUT2D eigenvalue weighted by Gasteiger charge is 2.19. The van der Waals surface area contributed by atoms with Gasteiger partial charge in [-0.05, 0) is 48.7 Å². The van der Waals surface area contributed by atoms with E-state index >= 15 is 0 Å². The first-order chi connectivity index (χ1) is 15.4. The van der Waals surface area contributed by atoms with Gasteiger partial charge in [-0.3, -0.25) is 9.36 Å². The molecule has 0 bridgehead atoms. The molecule has 0 radical (unpaired) electrons. The van der Waals surface area contributed by atoms with Gasteiger partial charge >= 0.3 is 0 Å². The zero-order valence-electron chi connectivity index (χ0n) is 16.9. The van der Waals surface area contributed by atoms with Gasteiger partial charge in [-0.1, -0.05) is 23.7 Å². The summed E-state index contributed by atoms with van der Waals surface area (Å²) < 4.78 is 1.54. The van der Waals surface area contributed by atoms with Crippen molar-refractivity contribution in [1.82, 2.24) is 14.5 Å². The van der Waals surface area contributed by atoms with E-state index in [2.05, 4.69) is 26.2 Å². The van der Waals surface area contributed by atoms with Crippen molar-refractivity contribution in [3.8, 4) is 11.8 Å². The van der Waals surface area contributed by atoms with E-state index in [-0.39, 0.29) is 23.0 Å². The molecule has 0 amide bonds. The van der Waals surface area contributed by atoms with Gasteiger partial charge in [0.05, 0.1) is 34.7 Å². The average molecular weight is 442 g/mol. The lowest BCUT2D eigenvalue weighted by Crippen LogP contribution is -2.26. The Morgan fingerprint density at radius 2 is 2.03 bits per heavy atom. The molecule has 4 aromatic rings. The third-order valence-electron chi connectivity index (χ3n) is 4.98. The molecular weight excluding hydrogens is 426 g/mol. The summed E-state index contributed by atoms with van der Waals surface area (Å²) in [5.41, 5.74) is 7.28. The number of nitriles is 1. The number of nitrogens with zero attached hydrogens (tertiary/aromatic N) is 5. The van der Waals surface area contributed by atoms with Crippen molar-refractivity contribution in [2.45, 2.75) is 13.0 Å². The molecule has 0 aliphatic rings. The average Bonchev–Trinajstić information content (AvgIpc) is 2.79. The fourth-order valence-electron chi connectivity index (χ4n) is 3.47. The Kier molecular flexibility index (Phi) is 5.46. The number of benzene rings is 2. The summed E-state index contributed by atoms with van der Waals surface area (Å²) in [5.74, 6) is 0.298. The van der Waals surface area contributed by atoms with E-state index in [0.717, 1.165) is 0 Å². The second kappa shape index (κ2) is 8.38. The second-order valence-electron chi connectivity index (χ2n) is 7.01. The van der Waals surface area contributed by atoms with Crippen LogP contribution < -0.4 is 16.6 Å². The fourth-order valence-corrected chi connectivity index (χ4v) is 3.73. The Labute approximate surface area is 188 Å². The predicted molar refractivity (Wildman–Crippen MR) is 124 cm³/mol. The minimum atomic E-state index is -0.448. The van der Waals surface area contributed by atoms with Crippen molar-refractivity contribution in [3.63, 3.8) is 0 Å². The van der Waals surface area contributed by atoms with Gasteiger partial charge in [0.15, 0.2) is 0 Å². The maximum atomic E-state index is 13.6. The molecule has 9 heteroatoms. The molecule has 32 heavy (non-hydrogen) atoms. The third kappa shape index (κ3) is 3.71. The maximum absolute atomic E-state index is 13.6. The molecule has 1 atom stereocenters. The number of rotatable bonds is 4. The van der Waals surface area contributed by atoms with E-state index in [0.29, 0.717) is 32.7 Å². The highest BCUT2D eigenvalue weighted by Crippen LogP contribution is 2.30. The second-order valence-corrected chi connectivity index (χ2v) is 7.42. The number of fused-ring (bicyclic) bond motifs is 1. The smallest absolute Gasteiger partial charge is 0.264 e. The Balaban J connectivity index is 1.93. The van der Waals surface area contributed by atoms with Crippen LogP contribution in [0.4, 0.5) is 17.5 Å². The van der Waals surface area contributed by atoms with Crippen LogP contribution in [0.15, 0.2) is 59.5 Å².